The lowest BCUT2D eigenvalue weighted by molar-refractivity contribution is -0.113. The van der Waals surface area contributed by atoms with E-state index < -0.39 is 0 Å². The fourth-order valence-corrected chi connectivity index (χ4v) is 3.01. The second kappa shape index (κ2) is 7.19. The van der Waals surface area contributed by atoms with Gasteiger partial charge in [-0.2, -0.15) is 0 Å². The zero-order chi connectivity index (χ0) is 15.2. The quantitative estimate of drug-likeness (QED) is 0.628. The highest BCUT2D eigenvalue weighted by Gasteiger charge is 2.08. The Morgan fingerprint density at radius 1 is 1.33 bits per heavy atom. The van der Waals surface area contributed by atoms with Gasteiger partial charge in [0.05, 0.1) is 5.75 Å². The van der Waals surface area contributed by atoms with Gasteiger partial charge in [0.25, 0.3) is 0 Å². The van der Waals surface area contributed by atoms with Crippen LogP contribution < -0.4 is 10.6 Å². The lowest BCUT2D eigenvalue weighted by atomic mass is 10.1. The number of benzene rings is 1. The first-order chi connectivity index (χ1) is 10.1. The number of thioether (sulfide) groups is 1. The van der Waals surface area contributed by atoms with Crippen molar-refractivity contribution < 1.29 is 9.59 Å². The molecule has 0 spiro atoms. The molecule has 1 aromatic carbocycles. The smallest absolute Gasteiger partial charge is 0.234 e. The van der Waals surface area contributed by atoms with Crippen molar-refractivity contribution in [1.29, 1.82) is 0 Å². The van der Waals surface area contributed by atoms with E-state index >= 15 is 0 Å². The number of hydrogen-bond acceptors (Lipinski definition) is 7. The molecule has 0 fully saturated rings. The molecule has 0 unspecified atom stereocenters. The second-order valence-electron chi connectivity index (χ2n) is 4.10. The van der Waals surface area contributed by atoms with E-state index in [1.807, 2.05) is 0 Å². The van der Waals surface area contributed by atoms with Crippen LogP contribution in [0.25, 0.3) is 0 Å². The first kappa shape index (κ1) is 15.5. The van der Waals surface area contributed by atoms with Crippen LogP contribution in [0.5, 0.6) is 0 Å². The van der Waals surface area contributed by atoms with E-state index in [-0.39, 0.29) is 17.4 Å². The maximum absolute atomic E-state index is 11.9. The molecule has 0 saturated heterocycles. The Morgan fingerprint density at radius 3 is 2.81 bits per heavy atom. The van der Waals surface area contributed by atoms with Gasteiger partial charge in [-0.15, -0.1) is 10.2 Å². The predicted molar refractivity (Wildman–Crippen MR) is 85.3 cm³/mol. The summed E-state index contributed by atoms with van der Waals surface area (Å²) in [6.45, 7) is 1.49. The number of nitrogens with zero attached hydrogens (tertiary/aromatic N) is 2. The summed E-state index contributed by atoms with van der Waals surface area (Å²) < 4.78 is 0.729. The van der Waals surface area contributed by atoms with E-state index in [9.17, 15) is 9.59 Å². The number of hydrogen-bond donors (Lipinski definition) is 2. The van der Waals surface area contributed by atoms with Crippen LogP contribution in [0.1, 0.15) is 17.3 Å². The molecule has 1 heterocycles. The summed E-state index contributed by atoms with van der Waals surface area (Å²) in [5.74, 6) is 0.0543. The first-order valence-electron chi connectivity index (χ1n) is 6.13. The standard InChI is InChI=1S/C13H14N4O2S2/c1-8(18)9-4-3-5-10(6-9)15-11(19)7-20-13-17-16-12(14-2)21-13/h3-6H,7H2,1-2H3,(H,14,16)(H,15,19). The third kappa shape index (κ3) is 4.54. The minimum Gasteiger partial charge on any atom is -0.363 e. The summed E-state index contributed by atoms with van der Waals surface area (Å²) in [6.07, 6.45) is 0. The Labute approximate surface area is 130 Å². The highest BCUT2D eigenvalue weighted by molar-refractivity contribution is 8.01. The molecule has 6 nitrogen and oxygen atoms in total. The van der Waals surface area contributed by atoms with Crippen molar-refractivity contribution >= 4 is 45.6 Å². The molecule has 0 aliphatic carbocycles. The van der Waals surface area contributed by atoms with E-state index in [1.54, 1.807) is 31.3 Å². The number of ketones is 1. The van der Waals surface area contributed by atoms with Crippen LogP contribution in [-0.4, -0.2) is 34.7 Å². The third-order valence-electron chi connectivity index (χ3n) is 2.50. The predicted octanol–water partition coefficient (Wildman–Crippen LogP) is 2.51. The van der Waals surface area contributed by atoms with Gasteiger partial charge in [0.1, 0.15) is 0 Å². The summed E-state index contributed by atoms with van der Waals surface area (Å²) in [5, 5.41) is 14.2. The Kier molecular flexibility index (Phi) is 5.29. The summed E-state index contributed by atoms with van der Waals surface area (Å²) in [5.41, 5.74) is 1.18. The van der Waals surface area contributed by atoms with Crippen molar-refractivity contribution in [1.82, 2.24) is 10.2 Å². The normalized spacial score (nSPS) is 10.2. The highest BCUT2D eigenvalue weighted by atomic mass is 32.2. The number of nitrogens with one attached hydrogen (secondary N) is 2. The monoisotopic (exact) mass is 322 g/mol. The van der Waals surface area contributed by atoms with E-state index in [4.69, 9.17) is 0 Å². The first-order valence-corrected chi connectivity index (χ1v) is 7.93. The molecule has 8 heteroatoms. The Morgan fingerprint density at radius 2 is 2.14 bits per heavy atom. The van der Waals surface area contributed by atoms with Crippen LogP contribution in [0.4, 0.5) is 10.8 Å². The maximum atomic E-state index is 11.9. The Hall–Kier alpha value is -1.93. The van der Waals surface area contributed by atoms with Crippen LogP contribution >= 0.6 is 23.1 Å². The molecule has 2 N–H and O–H groups in total. The molecule has 21 heavy (non-hydrogen) atoms. The van der Waals surface area contributed by atoms with Crippen molar-refractivity contribution in [2.75, 3.05) is 23.4 Å². The molecule has 1 aromatic heterocycles. The Bertz CT molecular complexity index is 657. The molecule has 2 rings (SSSR count). The molecule has 0 aliphatic heterocycles. The van der Waals surface area contributed by atoms with Gasteiger partial charge in [-0.1, -0.05) is 35.2 Å². The second-order valence-corrected chi connectivity index (χ2v) is 6.30. The third-order valence-corrected chi connectivity index (χ3v) is 4.57. The summed E-state index contributed by atoms with van der Waals surface area (Å²) in [6, 6.07) is 6.87. The minimum absolute atomic E-state index is 0.0334. The molecule has 0 aliphatic rings. The molecule has 1 amide bonds. The van der Waals surface area contributed by atoms with Crippen LogP contribution in [-0.2, 0) is 4.79 Å². The largest absolute Gasteiger partial charge is 0.363 e. The van der Waals surface area contributed by atoms with Gasteiger partial charge in [0, 0.05) is 18.3 Å². The lowest BCUT2D eigenvalue weighted by Crippen LogP contribution is -2.14. The number of aromatic nitrogens is 2. The average molecular weight is 322 g/mol. The zero-order valence-corrected chi connectivity index (χ0v) is 13.2. The van der Waals surface area contributed by atoms with Gasteiger partial charge in [-0.3, -0.25) is 9.59 Å². The van der Waals surface area contributed by atoms with Gasteiger partial charge < -0.3 is 10.6 Å². The van der Waals surface area contributed by atoms with Crippen molar-refractivity contribution in [3.05, 3.63) is 29.8 Å². The van der Waals surface area contributed by atoms with Crippen molar-refractivity contribution in [2.24, 2.45) is 0 Å². The molecule has 0 saturated carbocycles. The SMILES string of the molecule is CNc1nnc(SCC(=O)Nc2cccc(C(C)=O)c2)s1. The molecule has 2 aromatic rings. The summed E-state index contributed by atoms with van der Waals surface area (Å²) in [4.78, 5) is 23.2. The Balaban J connectivity index is 1.89. The van der Waals surface area contributed by atoms with E-state index in [2.05, 4.69) is 20.8 Å². The van der Waals surface area contributed by atoms with Crippen molar-refractivity contribution in [3.8, 4) is 0 Å². The van der Waals surface area contributed by atoms with E-state index in [1.165, 1.54) is 30.0 Å². The lowest BCUT2D eigenvalue weighted by Gasteiger charge is -2.05. The van der Waals surface area contributed by atoms with Crippen LogP contribution in [0.3, 0.4) is 0 Å². The van der Waals surface area contributed by atoms with E-state index in [0.29, 0.717) is 16.4 Å². The maximum Gasteiger partial charge on any atom is 0.234 e. The van der Waals surface area contributed by atoms with Crippen LogP contribution in [0.15, 0.2) is 28.6 Å². The number of anilines is 2. The topological polar surface area (TPSA) is 84.0 Å². The van der Waals surface area contributed by atoms with Gasteiger partial charge >= 0.3 is 0 Å². The van der Waals surface area contributed by atoms with Gasteiger partial charge in [0.15, 0.2) is 10.1 Å². The number of carbonyl (C=O) groups is 2. The number of amides is 1. The number of Topliss-reactive ketones (excluding diaryl/α,β-unsaturated/α-hetero) is 1. The summed E-state index contributed by atoms with van der Waals surface area (Å²) >= 11 is 2.71. The molecule has 0 radical (unpaired) electrons. The molecule has 0 bridgehead atoms. The molecule has 0 atom stereocenters. The van der Waals surface area contributed by atoms with Crippen molar-refractivity contribution in [2.45, 2.75) is 11.3 Å². The molecular weight excluding hydrogens is 308 g/mol. The fourth-order valence-electron chi connectivity index (χ4n) is 1.51. The summed E-state index contributed by atoms with van der Waals surface area (Å²) in [7, 11) is 1.77. The minimum atomic E-state index is -0.151. The highest BCUT2D eigenvalue weighted by Crippen LogP contribution is 2.25. The molecular formula is C13H14N4O2S2. The number of carbonyl (C=O) groups excluding carboxylic acids is 2. The number of rotatable bonds is 6. The zero-order valence-electron chi connectivity index (χ0n) is 11.5. The van der Waals surface area contributed by atoms with Gasteiger partial charge in [-0.25, -0.2) is 0 Å². The van der Waals surface area contributed by atoms with Gasteiger partial charge in [0.2, 0.25) is 11.0 Å². The van der Waals surface area contributed by atoms with Crippen molar-refractivity contribution in [3.63, 3.8) is 0 Å². The van der Waals surface area contributed by atoms with Gasteiger partial charge in [-0.05, 0) is 19.1 Å². The molecule has 110 valence electrons. The fraction of sp³-hybridized carbons (Fsp3) is 0.231. The van der Waals surface area contributed by atoms with E-state index in [0.717, 1.165) is 4.34 Å². The van der Waals surface area contributed by atoms with Crippen LogP contribution in [0, 0.1) is 0 Å². The van der Waals surface area contributed by atoms with Crippen LogP contribution in [0.2, 0.25) is 0 Å². The average Bonchev–Trinajstić information content (AvgIpc) is 2.93.